The molecule has 0 saturated carbocycles. The Morgan fingerprint density at radius 2 is 1.85 bits per heavy atom. The van der Waals surface area contributed by atoms with Gasteiger partial charge in [0.15, 0.2) is 0 Å². The third-order valence-electron chi connectivity index (χ3n) is 1.55. The maximum atomic E-state index is 5.34. The minimum Gasteiger partial charge on any atom is -0.489 e. The fourth-order valence-corrected chi connectivity index (χ4v) is 1.06. The van der Waals surface area contributed by atoms with Crippen molar-refractivity contribution in [2.75, 3.05) is 6.61 Å². The van der Waals surface area contributed by atoms with Gasteiger partial charge in [-0.2, -0.15) is 0 Å². The van der Waals surface area contributed by atoms with E-state index in [2.05, 4.69) is 6.08 Å². The summed E-state index contributed by atoms with van der Waals surface area (Å²) in [6.07, 6.45) is 4.10. The van der Waals surface area contributed by atoms with Gasteiger partial charge in [-0.05, 0) is 12.1 Å². The molecule has 0 amide bonds. The van der Waals surface area contributed by atoms with E-state index < -0.39 is 0 Å². The Morgan fingerprint density at radius 3 is 2.54 bits per heavy atom. The van der Waals surface area contributed by atoms with Crippen molar-refractivity contribution in [1.82, 2.24) is 0 Å². The van der Waals surface area contributed by atoms with Crippen molar-refractivity contribution in [1.29, 1.82) is 0 Å². The van der Waals surface area contributed by atoms with E-state index in [9.17, 15) is 0 Å². The van der Waals surface area contributed by atoms with Gasteiger partial charge in [0, 0.05) is 68.8 Å². The second kappa shape index (κ2) is 8.15. The average molecular weight is 357 g/mol. The fourth-order valence-electron chi connectivity index (χ4n) is 1.06. The Kier molecular flexibility index (Phi) is 10.2. The standard InChI is InChI=1S/C9H8O.Mn.Sb.Ti/c1-2-6-9-8(4-1)5-3-7-10-9;;;/h1-6H,7H2;;;. The molecule has 0 bridgehead atoms. The Balaban J connectivity index is 0. The molecule has 1 aliphatic rings. The normalized spacial score (nSPS) is 10.8. The van der Waals surface area contributed by atoms with Gasteiger partial charge in [-0.15, -0.1) is 0 Å². The van der Waals surface area contributed by atoms with E-state index in [1.807, 2.05) is 30.3 Å². The molecule has 0 aliphatic carbocycles. The number of ether oxygens (including phenoxy) is 1. The molecule has 0 aromatic heterocycles. The first-order valence-corrected chi connectivity index (χ1v) is 3.35. The molecule has 2 rings (SSSR count). The van der Waals surface area contributed by atoms with Crippen LogP contribution in [-0.2, 0) is 38.8 Å². The van der Waals surface area contributed by atoms with Crippen molar-refractivity contribution in [3.05, 3.63) is 35.9 Å². The molecular formula is C9H8MnOSbTi. The smallest absolute Gasteiger partial charge is 0.126 e. The third-order valence-corrected chi connectivity index (χ3v) is 1.55. The van der Waals surface area contributed by atoms with E-state index in [0.29, 0.717) is 6.61 Å². The van der Waals surface area contributed by atoms with Crippen LogP contribution in [0.15, 0.2) is 30.3 Å². The van der Waals surface area contributed by atoms with Gasteiger partial charge < -0.3 is 4.74 Å². The van der Waals surface area contributed by atoms with Gasteiger partial charge in [0.1, 0.15) is 12.4 Å². The average Bonchev–Trinajstić information content (AvgIpc) is 2.05. The van der Waals surface area contributed by atoms with E-state index >= 15 is 0 Å². The van der Waals surface area contributed by atoms with Crippen LogP contribution in [0.2, 0.25) is 0 Å². The summed E-state index contributed by atoms with van der Waals surface area (Å²) in [4.78, 5) is 0. The fraction of sp³-hybridized carbons (Fsp3) is 0.111. The van der Waals surface area contributed by atoms with Crippen molar-refractivity contribution < 1.29 is 43.5 Å². The number of rotatable bonds is 0. The zero-order valence-corrected chi connectivity index (χ0v) is 12.2. The molecule has 1 nitrogen and oxygen atoms in total. The SMILES string of the molecule is C1=Cc2ccccc2OC1.[Mn].[Sb].[Ti]. The first-order chi connectivity index (χ1) is 4.97. The Morgan fingerprint density at radius 1 is 1.15 bits per heavy atom. The van der Waals surface area contributed by atoms with Crippen molar-refractivity contribution in [2.24, 2.45) is 0 Å². The molecule has 0 saturated heterocycles. The van der Waals surface area contributed by atoms with Gasteiger partial charge >= 0.3 is 0 Å². The van der Waals surface area contributed by atoms with E-state index in [4.69, 9.17) is 4.74 Å². The molecule has 0 atom stereocenters. The summed E-state index contributed by atoms with van der Waals surface area (Å²) in [5, 5.41) is 0. The van der Waals surface area contributed by atoms with E-state index in [0.717, 1.165) is 5.75 Å². The molecule has 0 unspecified atom stereocenters. The minimum absolute atomic E-state index is 0. The molecule has 66 valence electrons. The van der Waals surface area contributed by atoms with Crippen molar-refractivity contribution in [2.45, 2.75) is 0 Å². The largest absolute Gasteiger partial charge is 0.489 e. The number of para-hydroxylation sites is 1. The first-order valence-electron chi connectivity index (χ1n) is 3.35. The van der Waals surface area contributed by atoms with Gasteiger partial charge in [-0.25, -0.2) is 0 Å². The zero-order chi connectivity index (χ0) is 6.81. The van der Waals surface area contributed by atoms with Gasteiger partial charge in [0.2, 0.25) is 0 Å². The molecule has 1 heterocycles. The van der Waals surface area contributed by atoms with Gasteiger partial charge in [0.05, 0.1) is 0 Å². The summed E-state index contributed by atoms with van der Waals surface area (Å²) < 4.78 is 5.34. The van der Waals surface area contributed by atoms with Crippen LogP contribution in [0.3, 0.4) is 0 Å². The van der Waals surface area contributed by atoms with Crippen LogP contribution in [0, 0.1) is 0 Å². The molecule has 1 aliphatic heterocycles. The predicted octanol–water partition coefficient (Wildman–Crippen LogP) is 1.71. The summed E-state index contributed by atoms with van der Waals surface area (Å²) in [7, 11) is 0. The Labute approximate surface area is 121 Å². The summed E-state index contributed by atoms with van der Waals surface area (Å²) in [6, 6.07) is 8.03. The van der Waals surface area contributed by atoms with Crippen LogP contribution < -0.4 is 4.74 Å². The Bertz CT molecular complexity index is 278. The molecule has 0 N–H and O–H groups in total. The molecule has 1 aromatic rings. The molecular weight excluding hydrogens is 349 g/mol. The van der Waals surface area contributed by atoms with Crippen LogP contribution >= 0.6 is 0 Å². The van der Waals surface area contributed by atoms with Crippen molar-refractivity contribution in [3.8, 4) is 5.75 Å². The van der Waals surface area contributed by atoms with Crippen LogP contribution in [-0.4, -0.2) is 31.0 Å². The van der Waals surface area contributed by atoms with Gasteiger partial charge in [-0.1, -0.05) is 24.3 Å². The second-order valence-corrected chi connectivity index (χ2v) is 2.25. The quantitative estimate of drug-likeness (QED) is 0.643. The number of hydrogen-bond acceptors (Lipinski definition) is 1. The first kappa shape index (κ1) is 16.2. The molecule has 4 heteroatoms. The maximum Gasteiger partial charge on any atom is 0.126 e. The second-order valence-electron chi connectivity index (χ2n) is 2.25. The summed E-state index contributed by atoms with van der Waals surface area (Å²) >= 11 is 0. The molecule has 0 spiro atoms. The van der Waals surface area contributed by atoms with Crippen molar-refractivity contribution in [3.63, 3.8) is 0 Å². The summed E-state index contributed by atoms with van der Waals surface area (Å²) in [5.74, 6) is 0.991. The van der Waals surface area contributed by atoms with Crippen LogP contribution in [0.25, 0.3) is 6.08 Å². The predicted molar refractivity (Wildman–Crippen MR) is 46.7 cm³/mol. The number of benzene rings is 1. The van der Waals surface area contributed by atoms with Crippen LogP contribution in [0.1, 0.15) is 5.56 Å². The maximum absolute atomic E-state index is 5.34. The molecule has 0 fully saturated rings. The monoisotopic (exact) mass is 356 g/mol. The summed E-state index contributed by atoms with van der Waals surface area (Å²) in [6.45, 7) is 0.705. The summed E-state index contributed by atoms with van der Waals surface area (Å²) in [5.41, 5.74) is 1.17. The molecule has 4 radical (unpaired) electrons. The van der Waals surface area contributed by atoms with Crippen LogP contribution in [0.5, 0.6) is 5.75 Å². The molecule has 13 heavy (non-hydrogen) atoms. The van der Waals surface area contributed by atoms with E-state index in [-0.39, 0.29) is 63.2 Å². The van der Waals surface area contributed by atoms with Crippen molar-refractivity contribution >= 4 is 30.5 Å². The number of fused-ring (bicyclic) bond motifs is 1. The van der Waals surface area contributed by atoms with E-state index in [1.165, 1.54) is 5.56 Å². The Hall–Kier alpha value is 0.812. The third kappa shape index (κ3) is 4.23. The van der Waals surface area contributed by atoms with Gasteiger partial charge in [-0.3, -0.25) is 0 Å². The molecule has 1 aromatic carbocycles. The van der Waals surface area contributed by atoms with Crippen LogP contribution in [0.4, 0.5) is 0 Å². The zero-order valence-electron chi connectivity index (χ0n) is 6.90. The van der Waals surface area contributed by atoms with E-state index in [1.54, 1.807) is 0 Å². The number of hydrogen-bond donors (Lipinski definition) is 0. The topological polar surface area (TPSA) is 9.23 Å². The van der Waals surface area contributed by atoms with Gasteiger partial charge in [0.25, 0.3) is 0 Å². The minimum atomic E-state index is 0.